The second-order valence-corrected chi connectivity index (χ2v) is 2.22. The van der Waals surface area contributed by atoms with E-state index in [0.717, 1.165) is 0 Å². The second kappa shape index (κ2) is 2.48. The summed E-state index contributed by atoms with van der Waals surface area (Å²) in [4.78, 5) is 0. The lowest BCUT2D eigenvalue weighted by Crippen LogP contribution is -2.16. The molecule has 0 saturated carbocycles. The van der Waals surface area contributed by atoms with E-state index >= 15 is 0 Å². The van der Waals surface area contributed by atoms with Crippen molar-refractivity contribution in [3.05, 3.63) is 11.5 Å². The van der Waals surface area contributed by atoms with E-state index in [9.17, 15) is 0 Å². The SMILES string of the molecule is C[C@@H]1O[C@H](CO)C(O)=C1O. The van der Waals surface area contributed by atoms with E-state index in [-0.39, 0.29) is 18.1 Å². The minimum absolute atomic E-state index is 0.181. The first kappa shape index (κ1) is 7.37. The first-order valence-electron chi connectivity index (χ1n) is 3.05. The van der Waals surface area contributed by atoms with Gasteiger partial charge in [0.1, 0.15) is 12.2 Å². The van der Waals surface area contributed by atoms with Crippen LogP contribution in [0.3, 0.4) is 0 Å². The van der Waals surface area contributed by atoms with Crippen LogP contribution >= 0.6 is 0 Å². The van der Waals surface area contributed by atoms with E-state index in [2.05, 4.69) is 0 Å². The fourth-order valence-corrected chi connectivity index (χ4v) is 0.878. The van der Waals surface area contributed by atoms with Crippen LogP contribution in [-0.4, -0.2) is 34.1 Å². The third kappa shape index (κ3) is 0.955. The average molecular weight is 146 g/mol. The summed E-state index contributed by atoms with van der Waals surface area (Å²) in [6.45, 7) is 1.29. The Bertz CT molecular complexity index is 163. The van der Waals surface area contributed by atoms with Crippen molar-refractivity contribution < 1.29 is 20.1 Å². The molecule has 1 rings (SSSR count). The maximum Gasteiger partial charge on any atom is 0.164 e. The van der Waals surface area contributed by atoms with Gasteiger partial charge in [0, 0.05) is 0 Å². The molecule has 1 aliphatic rings. The van der Waals surface area contributed by atoms with Crippen LogP contribution < -0.4 is 0 Å². The van der Waals surface area contributed by atoms with E-state index in [1.807, 2.05) is 0 Å². The Kier molecular flexibility index (Phi) is 1.82. The first-order chi connectivity index (χ1) is 4.66. The Balaban J connectivity index is 2.73. The van der Waals surface area contributed by atoms with Gasteiger partial charge in [-0.05, 0) is 6.92 Å². The van der Waals surface area contributed by atoms with Gasteiger partial charge in [-0.1, -0.05) is 0 Å². The van der Waals surface area contributed by atoms with Gasteiger partial charge >= 0.3 is 0 Å². The number of hydrogen-bond acceptors (Lipinski definition) is 4. The lowest BCUT2D eigenvalue weighted by molar-refractivity contribution is 0.00626. The predicted molar refractivity (Wildman–Crippen MR) is 33.7 cm³/mol. The van der Waals surface area contributed by atoms with Gasteiger partial charge in [0.15, 0.2) is 11.5 Å². The standard InChI is InChI=1S/C6H10O4/c1-3-5(8)6(9)4(2-7)10-3/h3-4,7-9H,2H2,1H3/t3-,4+/m0/s1. The minimum Gasteiger partial charge on any atom is -0.506 e. The Labute approximate surface area is 58.4 Å². The number of aliphatic hydroxyl groups is 3. The quantitative estimate of drug-likeness (QED) is 0.490. The van der Waals surface area contributed by atoms with Gasteiger partial charge in [0.2, 0.25) is 0 Å². The van der Waals surface area contributed by atoms with E-state index in [1.54, 1.807) is 6.92 Å². The van der Waals surface area contributed by atoms with Crippen LogP contribution in [0.15, 0.2) is 11.5 Å². The molecule has 0 aromatic heterocycles. The molecule has 10 heavy (non-hydrogen) atoms. The van der Waals surface area contributed by atoms with E-state index in [0.29, 0.717) is 0 Å². The molecule has 0 radical (unpaired) electrons. The van der Waals surface area contributed by atoms with Gasteiger partial charge in [-0.2, -0.15) is 0 Å². The molecule has 0 unspecified atom stereocenters. The highest BCUT2D eigenvalue weighted by Gasteiger charge is 2.31. The average Bonchev–Trinajstić information content (AvgIpc) is 2.17. The van der Waals surface area contributed by atoms with Crippen LogP contribution in [-0.2, 0) is 4.74 Å². The van der Waals surface area contributed by atoms with Gasteiger partial charge in [-0.25, -0.2) is 0 Å². The second-order valence-electron chi connectivity index (χ2n) is 2.22. The van der Waals surface area contributed by atoms with E-state index in [1.165, 1.54) is 0 Å². The third-order valence-corrected chi connectivity index (χ3v) is 1.49. The number of aliphatic hydroxyl groups excluding tert-OH is 3. The number of hydrogen-bond donors (Lipinski definition) is 3. The highest BCUT2D eigenvalue weighted by atomic mass is 16.5. The molecule has 0 amide bonds. The Morgan fingerprint density at radius 3 is 2.20 bits per heavy atom. The highest BCUT2D eigenvalue weighted by Crippen LogP contribution is 2.22. The van der Waals surface area contributed by atoms with Crippen LogP contribution in [0.4, 0.5) is 0 Å². The van der Waals surface area contributed by atoms with Crippen molar-refractivity contribution in [1.29, 1.82) is 0 Å². The normalized spacial score (nSPS) is 33.4. The fraction of sp³-hybridized carbons (Fsp3) is 0.667. The van der Waals surface area contributed by atoms with E-state index in [4.69, 9.17) is 20.1 Å². The molecule has 0 saturated heterocycles. The topological polar surface area (TPSA) is 69.9 Å². The van der Waals surface area contributed by atoms with Crippen LogP contribution in [0.1, 0.15) is 6.92 Å². The summed E-state index contributed by atoms with van der Waals surface area (Å²) in [5.41, 5.74) is 0. The summed E-state index contributed by atoms with van der Waals surface area (Å²) in [7, 11) is 0. The molecular weight excluding hydrogens is 136 g/mol. The summed E-state index contributed by atoms with van der Waals surface area (Å²) >= 11 is 0. The van der Waals surface area contributed by atoms with Crippen LogP contribution in [0.25, 0.3) is 0 Å². The number of ether oxygens (including phenoxy) is 1. The van der Waals surface area contributed by atoms with Crippen LogP contribution in [0.5, 0.6) is 0 Å². The predicted octanol–water partition coefficient (Wildman–Crippen LogP) is 0.0936. The summed E-state index contributed by atoms with van der Waals surface area (Å²) in [6, 6.07) is 0. The smallest absolute Gasteiger partial charge is 0.164 e. The molecule has 0 aromatic rings. The molecule has 4 heteroatoms. The van der Waals surface area contributed by atoms with Crippen molar-refractivity contribution in [3.63, 3.8) is 0 Å². The molecule has 0 aliphatic carbocycles. The minimum atomic E-state index is -0.741. The maximum atomic E-state index is 8.97. The summed E-state index contributed by atoms with van der Waals surface area (Å²) in [5, 5.41) is 26.5. The summed E-state index contributed by atoms with van der Waals surface area (Å²) in [5.74, 6) is -0.436. The molecule has 1 heterocycles. The highest BCUT2D eigenvalue weighted by molar-refractivity contribution is 5.13. The van der Waals surface area contributed by atoms with Gasteiger partial charge < -0.3 is 20.1 Å². The van der Waals surface area contributed by atoms with Crippen molar-refractivity contribution in [2.45, 2.75) is 19.1 Å². The van der Waals surface area contributed by atoms with Gasteiger partial charge in [-0.3, -0.25) is 0 Å². The maximum absolute atomic E-state index is 8.97. The molecule has 3 N–H and O–H groups in total. The third-order valence-electron chi connectivity index (χ3n) is 1.49. The van der Waals surface area contributed by atoms with Crippen molar-refractivity contribution >= 4 is 0 Å². The summed E-state index contributed by atoms with van der Waals surface area (Å²) in [6.07, 6.45) is -1.24. The Morgan fingerprint density at radius 2 is 2.00 bits per heavy atom. The van der Waals surface area contributed by atoms with Gasteiger partial charge in [-0.15, -0.1) is 0 Å². The monoisotopic (exact) mass is 146 g/mol. The molecular formula is C6H10O4. The van der Waals surface area contributed by atoms with E-state index < -0.39 is 12.2 Å². The molecule has 4 nitrogen and oxygen atoms in total. The summed E-state index contributed by atoms with van der Waals surface area (Å²) < 4.78 is 4.91. The van der Waals surface area contributed by atoms with Crippen molar-refractivity contribution in [3.8, 4) is 0 Å². The zero-order chi connectivity index (χ0) is 7.72. The van der Waals surface area contributed by atoms with Gasteiger partial charge in [0.25, 0.3) is 0 Å². The number of rotatable bonds is 1. The molecule has 2 atom stereocenters. The lowest BCUT2D eigenvalue weighted by Gasteiger charge is -2.06. The largest absolute Gasteiger partial charge is 0.506 e. The molecule has 0 aromatic carbocycles. The first-order valence-corrected chi connectivity index (χ1v) is 3.05. The van der Waals surface area contributed by atoms with Crippen molar-refractivity contribution in [2.24, 2.45) is 0 Å². The lowest BCUT2D eigenvalue weighted by atomic mass is 10.3. The van der Waals surface area contributed by atoms with Crippen LogP contribution in [0.2, 0.25) is 0 Å². The van der Waals surface area contributed by atoms with Gasteiger partial charge in [0.05, 0.1) is 6.61 Å². The van der Waals surface area contributed by atoms with Crippen LogP contribution in [0, 0.1) is 0 Å². The fourth-order valence-electron chi connectivity index (χ4n) is 0.878. The molecule has 0 fully saturated rings. The molecule has 58 valence electrons. The van der Waals surface area contributed by atoms with Crippen molar-refractivity contribution in [2.75, 3.05) is 6.61 Å². The molecule has 1 aliphatic heterocycles. The Morgan fingerprint density at radius 1 is 1.40 bits per heavy atom. The molecule has 0 spiro atoms. The molecule has 0 bridgehead atoms. The zero-order valence-electron chi connectivity index (χ0n) is 5.61. The Hall–Kier alpha value is -0.740. The zero-order valence-corrected chi connectivity index (χ0v) is 5.61. The van der Waals surface area contributed by atoms with Crippen molar-refractivity contribution in [1.82, 2.24) is 0 Å².